The highest BCUT2D eigenvalue weighted by Crippen LogP contribution is 2.30. The molecule has 0 radical (unpaired) electrons. The summed E-state index contributed by atoms with van der Waals surface area (Å²) in [5, 5.41) is 0. The normalized spacial score (nSPS) is 11.4. The predicted octanol–water partition coefficient (Wildman–Crippen LogP) is 4.04. The minimum absolute atomic E-state index is 0.325. The summed E-state index contributed by atoms with van der Waals surface area (Å²) >= 11 is 6.37. The van der Waals surface area contributed by atoms with Crippen LogP contribution in [0.25, 0.3) is 0 Å². The van der Waals surface area contributed by atoms with Gasteiger partial charge in [0, 0.05) is 7.14 Å². The second-order valence-corrected chi connectivity index (χ2v) is 7.85. The van der Waals surface area contributed by atoms with Gasteiger partial charge in [-0.15, -0.1) is 0 Å². The number of rotatable bonds is 1. The maximum atomic E-state index is 12.1. The molecule has 17 heavy (non-hydrogen) atoms. The first kappa shape index (κ1) is 15.7. The Balaban J connectivity index is 3.24. The Morgan fingerprint density at radius 2 is 1.76 bits per heavy atom. The second-order valence-electron chi connectivity index (χ2n) is 4.44. The summed E-state index contributed by atoms with van der Waals surface area (Å²) in [7, 11) is 0. The number of carbonyl (C=O) groups is 1. The number of nitrogens with two attached hydrogens (primary N) is 1. The lowest BCUT2D eigenvalue weighted by Crippen LogP contribution is -2.25. The Morgan fingerprint density at radius 1 is 1.24 bits per heavy atom. The predicted molar refractivity (Wildman–Crippen MR) is 94.2 cm³/mol. The Morgan fingerprint density at radius 3 is 2.24 bits per heavy atom. The standard InChI is InChI=1S/C11H12I3NO2/c1-11(2,3)17-10(16)7-5(12)4-6(13)9(15)8(7)14/h4H,15H2,1-3H3. The third-order valence-electron chi connectivity index (χ3n) is 1.81. The molecule has 0 saturated carbocycles. The van der Waals surface area contributed by atoms with E-state index in [9.17, 15) is 4.79 Å². The lowest BCUT2D eigenvalue weighted by Gasteiger charge is -2.21. The van der Waals surface area contributed by atoms with Gasteiger partial charge in [0.15, 0.2) is 0 Å². The average Bonchev–Trinajstić information content (AvgIpc) is 2.11. The summed E-state index contributed by atoms with van der Waals surface area (Å²) in [6.45, 7) is 5.54. The van der Waals surface area contributed by atoms with E-state index in [1.54, 1.807) is 0 Å². The molecule has 0 bridgehead atoms. The van der Waals surface area contributed by atoms with Gasteiger partial charge in [0.25, 0.3) is 0 Å². The van der Waals surface area contributed by atoms with E-state index in [0.717, 1.165) is 10.7 Å². The van der Waals surface area contributed by atoms with Crippen molar-refractivity contribution in [2.75, 3.05) is 5.73 Å². The monoisotopic (exact) mass is 571 g/mol. The molecule has 1 rings (SSSR count). The average molecular weight is 571 g/mol. The van der Waals surface area contributed by atoms with Gasteiger partial charge in [0.05, 0.1) is 14.8 Å². The summed E-state index contributed by atoms with van der Waals surface area (Å²) < 4.78 is 7.94. The van der Waals surface area contributed by atoms with Gasteiger partial charge in [-0.25, -0.2) is 4.79 Å². The molecule has 0 aliphatic heterocycles. The summed E-state index contributed by atoms with van der Waals surface area (Å²) in [5.74, 6) is -0.325. The van der Waals surface area contributed by atoms with Crippen molar-refractivity contribution in [2.45, 2.75) is 26.4 Å². The Kier molecular flexibility index (Phi) is 5.33. The van der Waals surface area contributed by atoms with Gasteiger partial charge >= 0.3 is 5.97 Å². The van der Waals surface area contributed by atoms with Crippen LogP contribution < -0.4 is 5.73 Å². The van der Waals surface area contributed by atoms with Crippen molar-refractivity contribution in [3.8, 4) is 0 Å². The summed E-state index contributed by atoms with van der Waals surface area (Å²) in [6, 6.07) is 1.89. The van der Waals surface area contributed by atoms with Crippen molar-refractivity contribution in [3.05, 3.63) is 22.3 Å². The van der Waals surface area contributed by atoms with Crippen molar-refractivity contribution >= 4 is 79.4 Å². The highest BCUT2D eigenvalue weighted by Gasteiger charge is 2.24. The topological polar surface area (TPSA) is 52.3 Å². The maximum absolute atomic E-state index is 12.1. The Hall–Kier alpha value is 0.680. The smallest absolute Gasteiger partial charge is 0.340 e. The quantitative estimate of drug-likeness (QED) is 0.315. The maximum Gasteiger partial charge on any atom is 0.340 e. The van der Waals surface area contributed by atoms with Gasteiger partial charge in [-0.2, -0.15) is 0 Å². The van der Waals surface area contributed by atoms with E-state index in [1.165, 1.54) is 0 Å². The molecule has 0 atom stereocenters. The van der Waals surface area contributed by atoms with Crippen LogP contribution in [0, 0.1) is 10.7 Å². The molecule has 6 heteroatoms. The molecule has 0 aliphatic rings. The van der Waals surface area contributed by atoms with E-state index in [0.29, 0.717) is 11.3 Å². The molecule has 1 aromatic carbocycles. The second kappa shape index (κ2) is 5.76. The van der Waals surface area contributed by atoms with E-state index in [1.807, 2.05) is 26.8 Å². The molecule has 0 saturated heterocycles. The van der Waals surface area contributed by atoms with E-state index in [4.69, 9.17) is 10.5 Å². The van der Waals surface area contributed by atoms with Crippen LogP contribution in [0.3, 0.4) is 0 Å². The number of hydrogen-bond donors (Lipinski definition) is 1. The number of anilines is 1. The van der Waals surface area contributed by atoms with Gasteiger partial charge in [-0.3, -0.25) is 0 Å². The molecule has 0 fully saturated rings. The number of carbonyl (C=O) groups excluding carboxylic acids is 1. The number of esters is 1. The number of nitrogen functional groups attached to an aromatic ring is 1. The van der Waals surface area contributed by atoms with Gasteiger partial charge in [-0.05, 0) is 94.6 Å². The Labute approximate surface area is 142 Å². The van der Waals surface area contributed by atoms with Crippen LogP contribution in [0.5, 0.6) is 0 Å². The van der Waals surface area contributed by atoms with Crippen molar-refractivity contribution in [1.29, 1.82) is 0 Å². The molecule has 94 valence electrons. The first-order chi connectivity index (χ1) is 7.63. The molecule has 3 nitrogen and oxygen atoms in total. The van der Waals surface area contributed by atoms with Gasteiger partial charge in [0.1, 0.15) is 5.60 Å². The van der Waals surface area contributed by atoms with Crippen LogP contribution in [-0.2, 0) is 4.74 Å². The van der Waals surface area contributed by atoms with Crippen LogP contribution in [0.2, 0.25) is 0 Å². The molecule has 0 heterocycles. The van der Waals surface area contributed by atoms with Crippen molar-refractivity contribution < 1.29 is 9.53 Å². The largest absolute Gasteiger partial charge is 0.456 e. The minimum Gasteiger partial charge on any atom is -0.456 e. The highest BCUT2D eigenvalue weighted by atomic mass is 127. The fourth-order valence-electron chi connectivity index (χ4n) is 1.12. The van der Waals surface area contributed by atoms with Crippen molar-refractivity contribution in [1.82, 2.24) is 0 Å². The molecule has 0 unspecified atom stereocenters. The third-order valence-corrected chi connectivity index (χ3v) is 4.67. The molecule has 0 amide bonds. The van der Waals surface area contributed by atoms with Crippen LogP contribution in [0.1, 0.15) is 31.1 Å². The lowest BCUT2D eigenvalue weighted by atomic mass is 10.1. The zero-order chi connectivity index (χ0) is 13.4. The zero-order valence-electron chi connectivity index (χ0n) is 9.61. The third kappa shape index (κ3) is 4.08. The Bertz CT molecular complexity index is 467. The fraction of sp³-hybridized carbons (Fsp3) is 0.364. The van der Waals surface area contributed by atoms with Gasteiger partial charge in [-0.1, -0.05) is 0 Å². The molecular weight excluding hydrogens is 559 g/mol. The lowest BCUT2D eigenvalue weighted by molar-refractivity contribution is 0.00671. The highest BCUT2D eigenvalue weighted by molar-refractivity contribution is 14.1. The van der Waals surface area contributed by atoms with Gasteiger partial charge in [0.2, 0.25) is 0 Å². The zero-order valence-corrected chi connectivity index (χ0v) is 16.1. The van der Waals surface area contributed by atoms with E-state index in [-0.39, 0.29) is 5.97 Å². The van der Waals surface area contributed by atoms with Crippen LogP contribution >= 0.6 is 67.8 Å². The fourth-order valence-corrected chi connectivity index (χ4v) is 4.93. The van der Waals surface area contributed by atoms with Crippen molar-refractivity contribution in [3.63, 3.8) is 0 Å². The first-order valence-electron chi connectivity index (χ1n) is 4.80. The summed E-state index contributed by atoms with van der Waals surface area (Å²) in [5.41, 5.74) is 6.61. The number of ether oxygens (including phenoxy) is 1. The first-order valence-corrected chi connectivity index (χ1v) is 8.03. The molecule has 1 aromatic rings. The molecular formula is C11H12I3NO2. The number of benzene rings is 1. The molecule has 0 aromatic heterocycles. The van der Waals surface area contributed by atoms with E-state index >= 15 is 0 Å². The summed E-state index contributed by atoms with van der Waals surface area (Å²) in [6.07, 6.45) is 0. The van der Waals surface area contributed by atoms with Crippen molar-refractivity contribution in [2.24, 2.45) is 0 Å². The van der Waals surface area contributed by atoms with E-state index < -0.39 is 5.60 Å². The number of hydrogen-bond acceptors (Lipinski definition) is 3. The minimum atomic E-state index is -0.499. The van der Waals surface area contributed by atoms with E-state index in [2.05, 4.69) is 67.8 Å². The number of halogens is 3. The van der Waals surface area contributed by atoms with Gasteiger partial charge < -0.3 is 10.5 Å². The summed E-state index contributed by atoms with van der Waals surface area (Å²) in [4.78, 5) is 12.1. The molecule has 2 N–H and O–H groups in total. The SMILES string of the molecule is CC(C)(C)OC(=O)c1c(I)cc(I)c(N)c1I. The molecule has 0 spiro atoms. The molecule has 0 aliphatic carbocycles. The van der Waals surface area contributed by atoms with Crippen LogP contribution in [-0.4, -0.2) is 11.6 Å². The van der Waals surface area contributed by atoms with Crippen LogP contribution in [0.4, 0.5) is 5.69 Å². The van der Waals surface area contributed by atoms with Crippen LogP contribution in [0.15, 0.2) is 6.07 Å².